The van der Waals surface area contributed by atoms with Crippen molar-refractivity contribution in [2.24, 2.45) is 0 Å². The number of unbranched alkanes of at least 4 members (excludes halogenated alkanes) is 12. The SMILES string of the molecule is Cc1cc(=O)[nH]c(NC(=O)NCCCCCCNC(=O)NCCCCCCCCCCCCNC(=O)OCCOCCOCCOCCOCCOCCOCCOCCOCCOCCOCCOCCOCCC(=O)Oc2c(F)c(F)cc(F)c2F)n1. The van der Waals surface area contributed by atoms with E-state index in [9.17, 15) is 41.5 Å². The number of urea groups is 2. The Labute approximate surface area is 520 Å². The van der Waals surface area contributed by atoms with Crippen LogP contribution in [0.4, 0.5) is 37.9 Å². The minimum atomic E-state index is -1.80. The third-order valence-corrected chi connectivity index (χ3v) is 12.2. The molecule has 2 aromatic rings. The first-order chi connectivity index (χ1) is 43.5. The zero-order valence-corrected chi connectivity index (χ0v) is 52.0. The molecule has 0 saturated carbocycles. The number of nitrogens with zero attached hydrogens (tertiary/aromatic N) is 1. The standard InChI is InChI=1S/C59H99F4N7O19/c1-48-46-51(71)69-56(68-48)70-58(74)66-19-14-11-10-13-18-65-57(73)64-17-12-8-6-4-2-3-5-7-9-15-20-67-59(75)88-45-44-87-43-42-86-41-40-85-39-38-84-37-36-83-35-34-82-33-32-81-31-30-80-29-28-79-27-26-78-25-24-77-23-22-76-21-16-52(72)89-55-53(62)49(60)47-50(61)54(55)63/h46-47H,2-45H2,1H3,(H,67,75)(H2,64,65,73)(H3,66,68,69,70,71,74). The lowest BCUT2D eigenvalue weighted by atomic mass is 10.1. The number of rotatable bonds is 61. The Morgan fingerprint density at radius 3 is 1.06 bits per heavy atom. The summed E-state index contributed by atoms with van der Waals surface area (Å²) in [5.74, 6) is -9.41. The Morgan fingerprint density at radius 2 is 0.708 bits per heavy atom. The molecule has 0 bridgehead atoms. The summed E-state index contributed by atoms with van der Waals surface area (Å²) >= 11 is 0. The Kier molecular flexibility index (Phi) is 51.7. The van der Waals surface area contributed by atoms with Gasteiger partial charge in [-0.2, -0.15) is 8.78 Å². The topological polar surface area (TPSA) is 303 Å². The number of alkyl carbamates (subject to hydrolysis) is 1. The van der Waals surface area contributed by atoms with Crippen LogP contribution < -0.4 is 36.9 Å². The monoisotopic (exact) mass is 1290 g/mol. The van der Waals surface area contributed by atoms with Crippen LogP contribution in [-0.4, -0.2) is 225 Å². The van der Waals surface area contributed by atoms with Gasteiger partial charge in [0, 0.05) is 44.0 Å². The zero-order valence-electron chi connectivity index (χ0n) is 52.0. The highest BCUT2D eigenvalue weighted by atomic mass is 19.2. The fourth-order valence-corrected chi connectivity index (χ4v) is 7.64. The zero-order chi connectivity index (χ0) is 64.3. The van der Waals surface area contributed by atoms with Gasteiger partial charge in [-0.25, -0.2) is 28.1 Å². The van der Waals surface area contributed by atoms with Crippen molar-refractivity contribution in [2.45, 2.75) is 103 Å². The molecule has 0 aliphatic rings. The van der Waals surface area contributed by atoms with Gasteiger partial charge in [0.25, 0.3) is 5.56 Å². The normalized spacial score (nSPS) is 11.2. The Hall–Kier alpha value is -5.38. The molecule has 0 spiro atoms. The summed E-state index contributed by atoms with van der Waals surface area (Å²) in [6, 6.07) is 0.802. The molecule has 0 aliphatic carbocycles. The van der Waals surface area contributed by atoms with Crippen LogP contribution in [-0.2, 0) is 66.4 Å². The second kappa shape index (κ2) is 57.8. The van der Waals surface area contributed by atoms with E-state index in [0.717, 1.165) is 64.2 Å². The van der Waals surface area contributed by atoms with Gasteiger partial charge >= 0.3 is 24.1 Å². The molecule has 512 valence electrons. The minimum Gasteiger partial charge on any atom is -0.447 e. The van der Waals surface area contributed by atoms with Gasteiger partial charge in [0.15, 0.2) is 11.6 Å². The van der Waals surface area contributed by atoms with E-state index in [1.165, 1.54) is 31.7 Å². The molecule has 0 saturated heterocycles. The number of esters is 1. The number of H-pyrrole nitrogens is 1. The van der Waals surface area contributed by atoms with Gasteiger partial charge < -0.3 is 87.6 Å². The Morgan fingerprint density at radius 1 is 0.404 bits per heavy atom. The number of ether oxygens (including phenoxy) is 14. The van der Waals surface area contributed by atoms with Crippen LogP contribution >= 0.6 is 0 Å². The van der Waals surface area contributed by atoms with E-state index in [-0.39, 0.29) is 63.2 Å². The maximum absolute atomic E-state index is 13.6. The number of carbonyl (C=O) groups excluding carboxylic acids is 4. The first-order valence-corrected chi connectivity index (χ1v) is 31.0. The number of aromatic nitrogens is 2. The van der Waals surface area contributed by atoms with Crippen LogP contribution in [0.15, 0.2) is 16.9 Å². The summed E-state index contributed by atoms with van der Waals surface area (Å²) in [7, 11) is 0. The van der Waals surface area contributed by atoms with E-state index in [2.05, 4.69) is 41.3 Å². The number of halogens is 4. The van der Waals surface area contributed by atoms with Gasteiger partial charge in [-0.05, 0) is 32.6 Å². The molecule has 30 heteroatoms. The lowest BCUT2D eigenvalue weighted by molar-refractivity contribution is -0.136. The Balaban J connectivity index is 1.15. The van der Waals surface area contributed by atoms with Crippen molar-refractivity contribution >= 4 is 30.1 Å². The maximum atomic E-state index is 13.6. The smallest absolute Gasteiger partial charge is 0.407 e. The van der Waals surface area contributed by atoms with Gasteiger partial charge in [-0.1, -0.05) is 64.2 Å². The average molecular weight is 1290 g/mol. The molecule has 26 nitrogen and oxygen atoms in total. The van der Waals surface area contributed by atoms with E-state index < -0.39 is 53.5 Å². The molecule has 0 unspecified atom stereocenters. The van der Waals surface area contributed by atoms with E-state index in [1.807, 2.05) is 0 Å². The number of hydrogen-bond donors (Lipinski definition) is 6. The highest BCUT2D eigenvalue weighted by molar-refractivity contribution is 5.87. The average Bonchev–Trinajstić information content (AvgIpc) is 3.33. The first-order valence-electron chi connectivity index (χ1n) is 31.0. The second-order valence-corrected chi connectivity index (χ2v) is 19.7. The number of carbonyl (C=O) groups is 4. The predicted octanol–water partition coefficient (Wildman–Crippen LogP) is 6.44. The van der Waals surface area contributed by atoms with Crippen LogP contribution in [0.3, 0.4) is 0 Å². The third kappa shape index (κ3) is 49.1. The summed E-state index contributed by atoms with van der Waals surface area (Å²) in [5, 5.41) is 13.9. The van der Waals surface area contributed by atoms with Gasteiger partial charge in [0.1, 0.15) is 6.61 Å². The van der Waals surface area contributed by atoms with E-state index in [0.29, 0.717) is 157 Å². The molecule has 0 fully saturated rings. The van der Waals surface area contributed by atoms with Crippen LogP contribution in [0.1, 0.15) is 102 Å². The van der Waals surface area contributed by atoms with Crippen molar-refractivity contribution in [1.82, 2.24) is 31.2 Å². The molecule has 1 aromatic heterocycles. The Bertz CT molecular complexity index is 2140. The largest absolute Gasteiger partial charge is 0.447 e. The highest BCUT2D eigenvalue weighted by Crippen LogP contribution is 2.26. The molecule has 6 N–H and O–H groups in total. The molecule has 0 atom stereocenters. The number of aryl methyl sites for hydroxylation is 1. The molecule has 0 radical (unpaired) electrons. The maximum Gasteiger partial charge on any atom is 0.407 e. The fourth-order valence-electron chi connectivity index (χ4n) is 7.64. The van der Waals surface area contributed by atoms with Crippen molar-refractivity contribution in [3.63, 3.8) is 0 Å². The summed E-state index contributed by atoms with van der Waals surface area (Å²) in [6.45, 7) is 12.8. The number of nitrogens with one attached hydrogen (secondary N) is 6. The number of aromatic amines is 1. The van der Waals surface area contributed by atoms with Crippen molar-refractivity contribution in [3.8, 4) is 5.75 Å². The lowest BCUT2D eigenvalue weighted by Crippen LogP contribution is -2.36. The fraction of sp³-hybridized carbons (Fsp3) is 0.763. The van der Waals surface area contributed by atoms with Gasteiger partial charge in [0.2, 0.25) is 23.3 Å². The summed E-state index contributed by atoms with van der Waals surface area (Å²) in [4.78, 5) is 65.6. The second-order valence-electron chi connectivity index (χ2n) is 19.7. The highest BCUT2D eigenvalue weighted by Gasteiger charge is 2.23. The van der Waals surface area contributed by atoms with Gasteiger partial charge in [-0.15, -0.1) is 0 Å². The summed E-state index contributed by atoms with van der Waals surface area (Å²) in [6.07, 6.45) is 13.7. The predicted molar refractivity (Wildman–Crippen MR) is 318 cm³/mol. The van der Waals surface area contributed by atoms with Crippen molar-refractivity contribution < 1.29 is 103 Å². The summed E-state index contributed by atoms with van der Waals surface area (Å²) in [5.41, 5.74) is 0.194. The molecular formula is C59H99F4N7O19. The van der Waals surface area contributed by atoms with E-state index in [1.54, 1.807) is 6.92 Å². The summed E-state index contributed by atoms with van der Waals surface area (Å²) < 4.78 is 128. The minimum absolute atomic E-state index is 0.0147. The van der Waals surface area contributed by atoms with Crippen molar-refractivity contribution in [2.75, 3.05) is 197 Å². The number of hydrogen-bond acceptors (Lipinski definition) is 20. The first kappa shape index (κ1) is 79.7. The van der Waals surface area contributed by atoms with E-state index in [4.69, 9.17) is 61.6 Å². The number of anilines is 1. The number of amides is 5. The molecule has 2 rings (SSSR count). The van der Waals surface area contributed by atoms with Crippen LogP contribution in [0.25, 0.3) is 0 Å². The molecule has 0 aliphatic heterocycles. The van der Waals surface area contributed by atoms with Crippen molar-refractivity contribution in [1.29, 1.82) is 0 Å². The van der Waals surface area contributed by atoms with Gasteiger partial charge in [-0.3, -0.25) is 19.9 Å². The molecule has 89 heavy (non-hydrogen) atoms. The van der Waals surface area contributed by atoms with E-state index >= 15 is 0 Å². The molecule has 1 heterocycles. The molecule has 1 aromatic carbocycles. The quantitative estimate of drug-likeness (QED) is 0.0136. The van der Waals surface area contributed by atoms with Crippen LogP contribution in [0, 0.1) is 30.2 Å². The molecule has 5 amide bonds. The van der Waals surface area contributed by atoms with Crippen molar-refractivity contribution in [3.05, 3.63) is 51.4 Å². The van der Waals surface area contributed by atoms with Crippen LogP contribution in [0.5, 0.6) is 5.75 Å². The van der Waals surface area contributed by atoms with Gasteiger partial charge in [0.05, 0.1) is 165 Å². The number of benzene rings is 1. The van der Waals surface area contributed by atoms with Crippen LogP contribution in [0.2, 0.25) is 0 Å². The lowest BCUT2D eigenvalue weighted by Gasteiger charge is -2.09. The molecular weight excluding hydrogens is 1190 g/mol. The third-order valence-electron chi connectivity index (χ3n) is 12.2.